The van der Waals surface area contributed by atoms with Crippen molar-refractivity contribution < 1.29 is 22.9 Å². The van der Waals surface area contributed by atoms with Crippen LogP contribution in [0, 0.1) is 10.1 Å². The number of thiazole rings is 1. The third-order valence-corrected chi connectivity index (χ3v) is 4.49. The van der Waals surface area contributed by atoms with Crippen LogP contribution in [-0.4, -0.2) is 25.6 Å². The Kier molecular flexibility index (Phi) is 5.40. The standard InChI is InChI=1S/C16H12F3N5O3S/c17-16(18,19)11-3-1-10(2-4-11)7-12-8-20-15(28-12)21-14(25)9-23-6-5-13(22-23)24(26)27/h1-6,8H,7,9H2,(H,20,21,25). The molecule has 3 aromatic rings. The second kappa shape index (κ2) is 7.76. The van der Waals surface area contributed by atoms with E-state index >= 15 is 0 Å². The minimum atomic E-state index is -4.38. The molecule has 12 heteroatoms. The van der Waals surface area contributed by atoms with Crippen LogP contribution in [0.1, 0.15) is 16.0 Å². The number of benzene rings is 1. The van der Waals surface area contributed by atoms with Crippen LogP contribution in [0.25, 0.3) is 0 Å². The first-order valence-electron chi connectivity index (χ1n) is 7.79. The van der Waals surface area contributed by atoms with Crippen LogP contribution in [0.2, 0.25) is 0 Å². The number of aromatic nitrogens is 3. The fourth-order valence-corrected chi connectivity index (χ4v) is 3.16. The van der Waals surface area contributed by atoms with Gasteiger partial charge in [-0.05, 0) is 22.6 Å². The van der Waals surface area contributed by atoms with E-state index in [1.807, 2.05) is 0 Å². The van der Waals surface area contributed by atoms with Gasteiger partial charge in [0.25, 0.3) is 0 Å². The van der Waals surface area contributed by atoms with Gasteiger partial charge in [0, 0.05) is 17.5 Å². The van der Waals surface area contributed by atoms with Crippen molar-refractivity contribution in [3.8, 4) is 0 Å². The summed E-state index contributed by atoms with van der Waals surface area (Å²) in [6, 6.07) is 6.00. The number of carbonyl (C=O) groups excluding carboxylic acids is 1. The number of nitro groups is 1. The summed E-state index contributed by atoms with van der Waals surface area (Å²) in [7, 11) is 0. The molecule has 2 aromatic heterocycles. The molecule has 1 N–H and O–H groups in total. The number of alkyl halides is 3. The number of rotatable bonds is 6. The van der Waals surface area contributed by atoms with E-state index in [0.717, 1.165) is 21.7 Å². The molecule has 0 atom stereocenters. The molecule has 0 radical (unpaired) electrons. The van der Waals surface area contributed by atoms with Gasteiger partial charge in [-0.3, -0.25) is 4.79 Å². The summed E-state index contributed by atoms with van der Waals surface area (Å²) in [6.07, 6.45) is -1.17. The molecule has 3 rings (SSSR count). The molecular formula is C16H12F3N5O3S. The lowest BCUT2D eigenvalue weighted by molar-refractivity contribution is -0.389. The average molecular weight is 411 g/mol. The zero-order valence-corrected chi connectivity index (χ0v) is 14.8. The first-order chi connectivity index (χ1) is 13.2. The third kappa shape index (κ3) is 4.91. The Hall–Kier alpha value is -3.28. The maximum absolute atomic E-state index is 12.6. The van der Waals surface area contributed by atoms with Crippen LogP contribution in [0.15, 0.2) is 42.7 Å². The average Bonchev–Trinajstić information content (AvgIpc) is 3.24. The van der Waals surface area contributed by atoms with E-state index in [9.17, 15) is 28.1 Å². The Labute approximate surface area is 159 Å². The molecule has 0 fully saturated rings. The minimum absolute atomic E-state index is 0.221. The summed E-state index contributed by atoms with van der Waals surface area (Å²) in [6.45, 7) is -0.221. The van der Waals surface area contributed by atoms with Gasteiger partial charge in [-0.15, -0.1) is 11.3 Å². The first-order valence-corrected chi connectivity index (χ1v) is 8.61. The molecule has 146 valence electrons. The normalized spacial score (nSPS) is 11.4. The third-order valence-electron chi connectivity index (χ3n) is 3.58. The summed E-state index contributed by atoms with van der Waals surface area (Å²) < 4.78 is 38.9. The zero-order valence-electron chi connectivity index (χ0n) is 14.0. The number of hydrogen-bond donors (Lipinski definition) is 1. The van der Waals surface area contributed by atoms with E-state index in [0.29, 0.717) is 17.1 Å². The smallest absolute Gasteiger partial charge is 0.358 e. The molecule has 28 heavy (non-hydrogen) atoms. The van der Waals surface area contributed by atoms with Crippen molar-refractivity contribution in [2.45, 2.75) is 19.1 Å². The van der Waals surface area contributed by atoms with Gasteiger partial charge in [0.2, 0.25) is 5.91 Å². The SMILES string of the molecule is O=C(Cn1ccc([N+](=O)[O-])n1)Nc1ncc(Cc2ccc(C(F)(F)F)cc2)s1. The van der Waals surface area contributed by atoms with E-state index in [-0.39, 0.29) is 12.4 Å². The molecule has 0 saturated heterocycles. The molecule has 0 aliphatic carbocycles. The maximum atomic E-state index is 12.6. The summed E-state index contributed by atoms with van der Waals surface area (Å²) in [5.74, 6) is -0.825. The van der Waals surface area contributed by atoms with E-state index in [4.69, 9.17) is 0 Å². The van der Waals surface area contributed by atoms with E-state index < -0.39 is 22.6 Å². The lowest BCUT2D eigenvalue weighted by Gasteiger charge is -2.06. The molecule has 0 spiro atoms. The van der Waals surface area contributed by atoms with Gasteiger partial charge in [-0.1, -0.05) is 12.1 Å². The van der Waals surface area contributed by atoms with Crippen molar-refractivity contribution >= 4 is 28.2 Å². The van der Waals surface area contributed by atoms with E-state index in [2.05, 4.69) is 15.4 Å². The number of halogens is 3. The predicted octanol–water partition coefficient (Wildman–Crippen LogP) is 3.50. The van der Waals surface area contributed by atoms with Gasteiger partial charge in [0.1, 0.15) is 6.54 Å². The topological polar surface area (TPSA) is 103 Å². The van der Waals surface area contributed by atoms with Gasteiger partial charge in [0.15, 0.2) is 5.13 Å². The van der Waals surface area contributed by atoms with Gasteiger partial charge >= 0.3 is 12.0 Å². The molecule has 0 bridgehead atoms. The van der Waals surface area contributed by atoms with Crippen molar-refractivity contribution in [1.29, 1.82) is 0 Å². The van der Waals surface area contributed by atoms with Crippen LogP contribution in [0.3, 0.4) is 0 Å². The second-order valence-corrected chi connectivity index (χ2v) is 6.80. The van der Waals surface area contributed by atoms with Crippen molar-refractivity contribution in [2.75, 3.05) is 5.32 Å². The van der Waals surface area contributed by atoms with Gasteiger partial charge < -0.3 is 15.4 Å². The van der Waals surface area contributed by atoms with E-state index in [1.165, 1.54) is 41.9 Å². The highest BCUT2D eigenvalue weighted by Gasteiger charge is 2.29. The Balaban J connectivity index is 1.57. The summed E-state index contributed by atoms with van der Waals surface area (Å²) in [4.78, 5) is 26.7. The predicted molar refractivity (Wildman–Crippen MR) is 93.9 cm³/mol. The van der Waals surface area contributed by atoms with Gasteiger partial charge in [-0.25, -0.2) is 4.98 Å². The number of amides is 1. The zero-order chi connectivity index (χ0) is 20.3. The lowest BCUT2D eigenvalue weighted by atomic mass is 10.1. The lowest BCUT2D eigenvalue weighted by Crippen LogP contribution is -2.19. The highest BCUT2D eigenvalue weighted by Crippen LogP contribution is 2.29. The Morgan fingerprint density at radius 1 is 1.25 bits per heavy atom. The van der Waals surface area contributed by atoms with Crippen LogP contribution in [-0.2, 0) is 23.9 Å². The minimum Gasteiger partial charge on any atom is -0.358 e. The summed E-state index contributed by atoms with van der Waals surface area (Å²) in [5, 5.41) is 17.1. The number of hydrogen-bond acceptors (Lipinski definition) is 6. The molecule has 0 unspecified atom stereocenters. The highest BCUT2D eigenvalue weighted by molar-refractivity contribution is 7.15. The number of anilines is 1. The molecule has 0 saturated carbocycles. The number of nitrogens with one attached hydrogen (secondary N) is 1. The second-order valence-electron chi connectivity index (χ2n) is 5.68. The van der Waals surface area contributed by atoms with Gasteiger partial charge in [-0.2, -0.15) is 17.9 Å². The maximum Gasteiger partial charge on any atom is 0.416 e. The van der Waals surface area contributed by atoms with Crippen molar-refractivity contribution in [2.24, 2.45) is 0 Å². The fraction of sp³-hybridized carbons (Fsp3) is 0.188. The molecule has 2 heterocycles. The largest absolute Gasteiger partial charge is 0.416 e. The van der Waals surface area contributed by atoms with Crippen molar-refractivity contribution in [3.63, 3.8) is 0 Å². The first kappa shape index (κ1) is 19.5. The van der Waals surface area contributed by atoms with Crippen LogP contribution < -0.4 is 5.32 Å². The van der Waals surface area contributed by atoms with Gasteiger partial charge in [0.05, 0.1) is 22.9 Å². The summed E-state index contributed by atoms with van der Waals surface area (Å²) >= 11 is 1.18. The van der Waals surface area contributed by atoms with E-state index in [1.54, 1.807) is 0 Å². The monoisotopic (exact) mass is 411 g/mol. The number of carbonyl (C=O) groups is 1. The summed E-state index contributed by atoms with van der Waals surface area (Å²) in [5.41, 5.74) is -0.0363. The molecule has 8 nitrogen and oxygen atoms in total. The Morgan fingerprint density at radius 2 is 1.96 bits per heavy atom. The highest BCUT2D eigenvalue weighted by atomic mass is 32.1. The molecule has 1 aromatic carbocycles. The van der Waals surface area contributed by atoms with Crippen molar-refractivity contribution in [1.82, 2.24) is 14.8 Å². The molecule has 1 amide bonds. The van der Waals surface area contributed by atoms with Crippen LogP contribution in [0.5, 0.6) is 0 Å². The van der Waals surface area contributed by atoms with Crippen LogP contribution >= 0.6 is 11.3 Å². The Bertz CT molecular complexity index is 998. The fourth-order valence-electron chi connectivity index (χ4n) is 2.30. The quantitative estimate of drug-likeness (QED) is 0.494. The number of nitrogens with zero attached hydrogens (tertiary/aromatic N) is 4. The Morgan fingerprint density at radius 3 is 2.57 bits per heavy atom. The molecular weight excluding hydrogens is 399 g/mol. The van der Waals surface area contributed by atoms with Crippen LogP contribution in [0.4, 0.5) is 24.1 Å². The molecule has 0 aliphatic heterocycles. The van der Waals surface area contributed by atoms with Crippen molar-refractivity contribution in [3.05, 3.63) is 68.8 Å². The molecule has 0 aliphatic rings.